The first kappa shape index (κ1) is 25.9. The number of hydrogen-bond acceptors (Lipinski definition) is 2. The maximum absolute atomic E-state index is 13.2. The fourth-order valence-electron chi connectivity index (χ4n) is 3.77. The Labute approximate surface area is 195 Å². The molecule has 0 bridgehead atoms. The van der Waals surface area contributed by atoms with Crippen LogP contribution in [0.4, 0.5) is 0 Å². The van der Waals surface area contributed by atoms with Crippen molar-refractivity contribution in [1.82, 2.24) is 0 Å². The molecule has 172 valence electrons. The van der Waals surface area contributed by atoms with E-state index < -0.39 is 0 Å². The minimum absolute atomic E-state index is 0.108. The molecule has 0 saturated carbocycles. The van der Waals surface area contributed by atoms with Crippen LogP contribution in [-0.2, 0) is 9.59 Å². The molecule has 2 aliphatic carbocycles. The summed E-state index contributed by atoms with van der Waals surface area (Å²) in [6.07, 6.45) is 7.73. The Bertz CT molecular complexity index is 909. The van der Waals surface area contributed by atoms with E-state index in [4.69, 9.17) is 0 Å². The van der Waals surface area contributed by atoms with Crippen molar-refractivity contribution in [3.8, 4) is 0 Å². The minimum Gasteiger partial charge on any atom is -0.289 e. The zero-order valence-corrected chi connectivity index (χ0v) is 22.1. The Hall–Kier alpha value is -2.40. The number of Topliss-reactive ketones (excluding diaryl/α,β-unsaturated/α-hetero) is 2. The van der Waals surface area contributed by atoms with Crippen molar-refractivity contribution in [2.45, 2.75) is 83.1 Å². The second-order valence-corrected chi connectivity index (χ2v) is 13.1. The molecule has 0 fully saturated rings. The van der Waals surface area contributed by atoms with Crippen LogP contribution in [0.3, 0.4) is 0 Å². The Morgan fingerprint density at radius 2 is 0.625 bits per heavy atom. The van der Waals surface area contributed by atoms with Gasteiger partial charge in [-0.2, -0.15) is 0 Å². The number of allylic oxidation sites excluding steroid dienone is 10. The lowest BCUT2D eigenvalue weighted by molar-refractivity contribution is -0.114. The molecular formula is C30H40O2. The highest BCUT2D eigenvalue weighted by atomic mass is 16.1. The zero-order chi connectivity index (χ0) is 24.9. The van der Waals surface area contributed by atoms with Gasteiger partial charge in [0.15, 0.2) is 11.6 Å². The predicted octanol–water partition coefficient (Wildman–Crippen LogP) is 7.65. The van der Waals surface area contributed by atoms with E-state index in [1.165, 1.54) is 0 Å². The van der Waals surface area contributed by atoms with Crippen LogP contribution in [0.2, 0.25) is 0 Å². The molecule has 2 aliphatic rings. The number of hydrogen-bond donors (Lipinski definition) is 0. The molecule has 0 spiro atoms. The van der Waals surface area contributed by atoms with E-state index >= 15 is 0 Å². The molecule has 0 aromatic heterocycles. The maximum atomic E-state index is 13.2. The van der Waals surface area contributed by atoms with Crippen LogP contribution in [0.5, 0.6) is 0 Å². The quantitative estimate of drug-likeness (QED) is 0.368. The number of ketones is 2. The summed E-state index contributed by atoms with van der Waals surface area (Å²) in [6.45, 7) is 24.7. The molecule has 0 aliphatic heterocycles. The van der Waals surface area contributed by atoms with Gasteiger partial charge in [-0.05, 0) is 46.0 Å². The first-order valence-electron chi connectivity index (χ1n) is 11.5. The average Bonchev–Trinajstić information content (AvgIpc) is 2.57. The molecule has 0 heterocycles. The van der Waals surface area contributed by atoms with Gasteiger partial charge in [-0.1, -0.05) is 94.5 Å². The van der Waals surface area contributed by atoms with E-state index in [9.17, 15) is 9.59 Å². The molecule has 2 rings (SSSR count). The third-order valence-electron chi connectivity index (χ3n) is 5.76. The van der Waals surface area contributed by atoms with Gasteiger partial charge in [-0.25, -0.2) is 0 Å². The Kier molecular flexibility index (Phi) is 6.61. The molecule has 0 aromatic carbocycles. The zero-order valence-electron chi connectivity index (χ0n) is 22.1. The van der Waals surface area contributed by atoms with Crippen LogP contribution in [-0.4, -0.2) is 11.6 Å². The van der Waals surface area contributed by atoms with Crippen LogP contribution in [0.25, 0.3) is 0 Å². The normalized spacial score (nSPS) is 18.5. The summed E-state index contributed by atoms with van der Waals surface area (Å²) in [5, 5.41) is 0. The molecule has 0 saturated heterocycles. The third-order valence-corrected chi connectivity index (χ3v) is 5.76. The van der Waals surface area contributed by atoms with Gasteiger partial charge < -0.3 is 0 Å². The summed E-state index contributed by atoms with van der Waals surface area (Å²) >= 11 is 0. The maximum Gasteiger partial charge on any atom is 0.186 e. The Morgan fingerprint density at radius 3 is 0.781 bits per heavy atom. The lowest BCUT2D eigenvalue weighted by atomic mass is 9.71. The minimum atomic E-state index is -0.266. The van der Waals surface area contributed by atoms with E-state index in [1.54, 1.807) is 0 Å². The Morgan fingerprint density at radius 1 is 0.438 bits per heavy atom. The average molecular weight is 433 g/mol. The summed E-state index contributed by atoms with van der Waals surface area (Å²) < 4.78 is 0. The van der Waals surface area contributed by atoms with Crippen molar-refractivity contribution in [3.05, 3.63) is 69.2 Å². The second-order valence-electron chi connectivity index (χ2n) is 13.1. The van der Waals surface area contributed by atoms with Crippen molar-refractivity contribution in [3.63, 3.8) is 0 Å². The van der Waals surface area contributed by atoms with Crippen LogP contribution in [0.1, 0.15) is 83.1 Å². The SMILES string of the molecule is CC(C)(C)C1=CC(=C=C=C2C=C(C(C)(C)C)C(=O)C(C(C)(C)C)=C2)C=C(C(C)(C)C)C1=O. The molecular weight excluding hydrogens is 392 g/mol. The second kappa shape index (κ2) is 8.18. The van der Waals surface area contributed by atoms with E-state index in [2.05, 4.69) is 94.5 Å². The summed E-state index contributed by atoms with van der Waals surface area (Å²) in [6, 6.07) is 0. The van der Waals surface area contributed by atoms with Crippen LogP contribution in [0.15, 0.2) is 69.2 Å². The molecule has 32 heavy (non-hydrogen) atoms. The monoisotopic (exact) mass is 432 g/mol. The number of carbonyl (C=O) groups excluding carboxylic acids is 2. The van der Waals surface area contributed by atoms with Gasteiger partial charge in [-0.15, -0.1) is 0 Å². The fourth-order valence-corrected chi connectivity index (χ4v) is 3.77. The van der Waals surface area contributed by atoms with Gasteiger partial charge in [0.1, 0.15) is 0 Å². The highest BCUT2D eigenvalue weighted by molar-refractivity contribution is 6.12. The molecule has 2 heteroatoms. The summed E-state index contributed by atoms with van der Waals surface area (Å²) in [5.74, 6) is 0.215. The van der Waals surface area contributed by atoms with Crippen molar-refractivity contribution < 1.29 is 9.59 Å². The topological polar surface area (TPSA) is 34.1 Å². The molecule has 0 N–H and O–H groups in total. The summed E-state index contributed by atoms with van der Waals surface area (Å²) in [4.78, 5) is 26.3. The number of rotatable bonds is 0. The summed E-state index contributed by atoms with van der Waals surface area (Å²) in [7, 11) is 0. The predicted molar refractivity (Wildman–Crippen MR) is 134 cm³/mol. The number of carbonyl (C=O) groups is 2. The lowest BCUT2D eigenvalue weighted by Gasteiger charge is -2.31. The molecule has 0 unspecified atom stereocenters. The lowest BCUT2D eigenvalue weighted by Crippen LogP contribution is -2.28. The van der Waals surface area contributed by atoms with Crippen molar-refractivity contribution in [2.24, 2.45) is 21.7 Å². The van der Waals surface area contributed by atoms with Crippen LogP contribution < -0.4 is 0 Å². The third kappa shape index (κ3) is 5.69. The van der Waals surface area contributed by atoms with Gasteiger partial charge in [0, 0.05) is 33.4 Å². The van der Waals surface area contributed by atoms with Crippen molar-refractivity contribution in [1.29, 1.82) is 0 Å². The first-order chi connectivity index (χ1) is 14.2. The largest absolute Gasteiger partial charge is 0.289 e. The van der Waals surface area contributed by atoms with Crippen LogP contribution in [0, 0.1) is 21.7 Å². The van der Waals surface area contributed by atoms with Gasteiger partial charge in [0.25, 0.3) is 0 Å². The molecule has 0 atom stereocenters. The Balaban J connectivity index is 2.85. The summed E-state index contributed by atoms with van der Waals surface area (Å²) in [5.41, 5.74) is 10.3. The van der Waals surface area contributed by atoms with E-state index in [0.29, 0.717) is 0 Å². The molecule has 2 nitrogen and oxygen atoms in total. The van der Waals surface area contributed by atoms with Crippen molar-refractivity contribution >= 4 is 11.6 Å². The molecule has 0 aromatic rings. The highest BCUT2D eigenvalue weighted by Crippen LogP contribution is 2.40. The smallest absolute Gasteiger partial charge is 0.186 e. The highest BCUT2D eigenvalue weighted by Gasteiger charge is 2.35. The van der Waals surface area contributed by atoms with E-state index in [-0.39, 0.29) is 33.2 Å². The van der Waals surface area contributed by atoms with Gasteiger partial charge >= 0.3 is 0 Å². The first-order valence-corrected chi connectivity index (χ1v) is 11.5. The molecule has 0 amide bonds. The van der Waals surface area contributed by atoms with Gasteiger partial charge in [-0.3, -0.25) is 9.59 Å². The van der Waals surface area contributed by atoms with E-state index in [1.807, 2.05) is 24.3 Å². The van der Waals surface area contributed by atoms with Gasteiger partial charge in [0.2, 0.25) is 0 Å². The van der Waals surface area contributed by atoms with Crippen molar-refractivity contribution in [2.75, 3.05) is 0 Å². The standard InChI is InChI=1S/C30H40O2/c1-27(2,3)21-15-19(16-22(25(21)31)28(4,5)6)13-14-20-17-23(29(7,8)9)26(32)24(18-20)30(10,11)12/h15-18H,1-12H3. The van der Waals surface area contributed by atoms with Crippen LogP contribution >= 0.6 is 0 Å². The fraction of sp³-hybridized carbons (Fsp3) is 0.533. The van der Waals surface area contributed by atoms with Gasteiger partial charge in [0.05, 0.1) is 0 Å². The molecule has 0 radical (unpaired) electrons. The van der Waals surface area contributed by atoms with E-state index in [0.717, 1.165) is 33.4 Å².